The molecule has 1 spiro atoms. The fraction of sp³-hybridized carbons (Fsp3) is 0.533. The maximum atomic E-state index is 12.2. The number of ether oxygens (including phenoxy) is 1. The molecule has 1 aliphatic carbocycles. The maximum absolute atomic E-state index is 12.2. The van der Waals surface area contributed by atoms with Crippen LogP contribution < -0.4 is 4.74 Å². The first-order chi connectivity index (χ1) is 8.49. The summed E-state index contributed by atoms with van der Waals surface area (Å²) >= 11 is 5.92. The Morgan fingerprint density at radius 3 is 2.78 bits per heavy atom. The zero-order chi connectivity index (χ0) is 12.9. The molecule has 2 nitrogen and oxygen atoms in total. The Bertz CT molecular complexity index is 501. The van der Waals surface area contributed by atoms with Gasteiger partial charge in [-0.3, -0.25) is 4.79 Å². The number of rotatable bonds is 1. The van der Waals surface area contributed by atoms with Crippen LogP contribution in [0.4, 0.5) is 0 Å². The normalized spacial score (nSPS) is 30.0. The van der Waals surface area contributed by atoms with E-state index in [4.69, 9.17) is 16.3 Å². The largest absolute Gasteiger partial charge is 0.486 e. The van der Waals surface area contributed by atoms with Gasteiger partial charge in [0.25, 0.3) is 0 Å². The van der Waals surface area contributed by atoms with E-state index in [-0.39, 0.29) is 11.4 Å². The summed E-state index contributed by atoms with van der Waals surface area (Å²) in [7, 11) is 0. The molecule has 18 heavy (non-hydrogen) atoms. The van der Waals surface area contributed by atoms with Crippen molar-refractivity contribution < 1.29 is 9.53 Å². The molecule has 0 saturated heterocycles. The zero-order valence-corrected chi connectivity index (χ0v) is 11.5. The highest BCUT2D eigenvalue weighted by Gasteiger charge is 2.51. The molecule has 0 radical (unpaired) electrons. The Kier molecular flexibility index (Phi) is 2.67. The lowest BCUT2D eigenvalue weighted by molar-refractivity contribution is -0.0696. The van der Waals surface area contributed by atoms with E-state index < -0.39 is 0 Å². The Hall–Kier alpha value is -1.02. The number of carbonyl (C=O) groups is 1. The van der Waals surface area contributed by atoms with Crippen molar-refractivity contribution >= 4 is 17.4 Å². The third-order valence-electron chi connectivity index (χ3n) is 4.26. The fourth-order valence-corrected chi connectivity index (χ4v) is 3.23. The van der Waals surface area contributed by atoms with Crippen molar-refractivity contribution in [3.8, 4) is 5.75 Å². The van der Waals surface area contributed by atoms with Crippen LogP contribution in [0.5, 0.6) is 5.75 Å². The lowest BCUT2D eigenvalue weighted by Gasteiger charge is -2.50. The molecule has 2 aliphatic rings. The predicted molar refractivity (Wildman–Crippen MR) is 71.3 cm³/mol. The second-order valence-electron chi connectivity index (χ2n) is 5.94. The molecule has 0 aromatic heterocycles. The molecule has 0 bridgehead atoms. The van der Waals surface area contributed by atoms with Crippen LogP contribution in [-0.2, 0) is 0 Å². The topological polar surface area (TPSA) is 26.3 Å². The van der Waals surface area contributed by atoms with Gasteiger partial charge in [0.05, 0.1) is 12.0 Å². The van der Waals surface area contributed by atoms with Crippen molar-refractivity contribution in [2.24, 2.45) is 11.8 Å². The Labute approximate surface area is 112 Å². The van der Waals surface area contributed by atoms with E-state index >= 15 is 0 Å². The number of ketones is 1. The van der Waals surface area contributed by atoms with E-state index in [0.29, 0.717) is 34.6 Å². The van der Waals surface area contributed by atoms with Gasteiger partial charge in [-0.05, 0) is 42.9 Å². The number of Topliss-reactive ketones (excluding diaryl/α,β-unsaturated/α-hetero) is 1. The minimum absolute atomic E-state index is 0.168. The summed E-state index contributed by atoms with van der Waals surface area (Å²) in [6.07, 6.45) is 2.50. The number of hydrogen-bond acceptors (Lipinski definition) is 2. The van der Waals surface area contributed by atoms with Crippen molar-refractivity contribution in [1.29, 1.82) is 0 Å². The second-order valence-corrected chi connectivity index (χ2v) is 6.37. The first kappa shape index (κ1) is 12.0. The molecule has 3 heteroatoms. The highest BCUT2D eigenvalue weighted by Crippen LogP contribution is 2.50. The van der Waals surface area contributed by atoms with Gasteiger partial charge in [-0.25, -0.2) is 0 Å². The van der Waals surface area contributed by atoms with Gasteiger partial charge in [0.2, 0.25) is 0 Å². The van der Waals surface area contributed by atoms with Crippen LogP contribution in [0.25, 0.3) is 0 Å². The maximum Gasteiger partial charge on any atom is 0.170 e. The molecule has 1 aromatic carbocycles. The van der Waals surface area contributed by atoms with Crippen LogP contribution in [0.2, 0.25) is 5.02 Å². The van der Waals surface area contributed by atoms with Crippen LogP contribution in [0, 0.1) is 11.8 Å². The molecule has 1 heterocycles. The summed E-state index contributed by atoms with van der Waals surface area (Å²) in [6, 6.07) is 5.31. The molecular formula is C15H17ClO2. The second kappa shape index (κ2) is 3.99. The van der Waals surface area contributed by atoms with Crippen molar-refractivity contribution in [2.45, 2.75) is 38.7 Å². The first-order valence-corrected chi connectivity index (χ1v) is 6.89. The molecule has 1 saturated carbocycles. The number of halogens is 1. The molecule has 1 aliphatic heterocycles. The molecule has 1 fully saturated rings. The van der Waals surface area contributed by atoms with Gasteiger partial charge in [-0.1, -0.05) is 25.4 Å². The van der Waals surface area contributed by atoms with Gasteiger partial charge >= 0.3 is 0 Å². The molecule has 1 aromatic rings. The van der Waals surface area contributed by atoms with E-state index in [0.717, 1.165) is 12.8 Å². The Morgan fingerprint density at radius 2 is 2.11 bits per heavy atom. The number of hydrogen-bond donors (Lipinski definition) is 0. The third kappa shape index (κ3) is 1.83. The highest BCUT2D eigenvalue weighted by atomic mass is 35.5. The smallest absolute Gasteiger partial charge is 0.170 e. The van der Waals surface area contributed by atoms with Crippen LogP contribution >= 0.6 is 11.6 Å². The minimum atomic E-state index is -0.229. The van der Waals surface area contributed by atoms with Crippen LogP contribution in [0.3, 0.4) is 0 Å². The molecule has 96 valence electrons. The molecule has 3 rings (SSSR count). The van der Waals surface area contributed by atoms with E-state index in [1.54, 1.807) is 12.1 Å². The number of benzene rings is 1. The number of fused-ring (bicyclic) bond motifs is 1. The van der Waals surface area contributed by atoms with Crippen LogP contribution in [0.15, 0.2) is 18.2 Å². The average molecular weight is 265 g/mol. The monoisotopic (exact) mass is 264 g/mol. The van der Waals surface area contributed by atoms with Crippen molar-refractivity contribution in [1.82, 2.24) is 0 Å². The van der Waals surface area contributed by atoms with Gasteiger partial charge in [-0.2, -0.15) is 0 Å². The minimum Gasteiger partial charge on any atom is -0.486 e. The van der Waals surface area contributed by atoms with Crippen molar-refractivity contribution in [2.75, 3.05) is 0 Å². The predicted octanol–water partition coefficient (Wildman–Crippen LogP) is 4.11. The van der Waals surface area contributed by atoms with Gasteiger partial charge in [0.1, 0.15) is 11.4 Å². The SMILES string of the molecule is CC(C)C1CC2(CC(=O)c3cc(Cl)ccc3O2)C1. The summed E-state index contributed by atoms with van der Waals surface area (Å²) in [4.78, 5) is 12.2. The van der Waals surface area contributed by atoms with Crippen molar-refractivity contribution in [3.05, 3.63) is 28.8 Å². The molecule has 0 unspecified atom stereocenters. The summed E-state index contributed by atoms with van der Waals surface area (Å²) in [5.41, 5.74) is 0.411. The number of carbonyl (C=O) groups excluding carboxylic acids is 1. The van der Waals surface area contributed by atoms with Gasteiger partial charge in [-0.15, -0.1) is 0 Å². The summed E-state index contributed by atoms with van der Waals surface area (Å²) in [6.45, 7) is 4.46. The quantitative estimate of drug-likeness (QED) is 0.763. The van der Waals surface area contributed by atoms with Crippen LogP contribution in [0.1, 0.15) is 43.5 Å². The van der Waals surface area contributed by atoms with E-state index in [1.165, 1.54) is 0 Å². The summed E-state index contributed by atoms with van der Waals surface area (Å²) in [5, 5.41) is 0.593. The fourth-order valence-electron chi connectivity index (χ4n) is 3.06. The lowest BCUT2D eigenvalue weighted by Crippen LogP contribution is -2.53. The Balaban J connectivity index is 1.85. The molecule has 0 atom stereocenters. The standard InChI is InChI=1S/C15H17ClO2/c1-9(2)10-6-15(7-10)8-13(17)12-5-11(16)3-4-14(12)18-15/h3-5,9-10H,6-8H2,1-2H3. The molecule has 0 N–H and O–H groups in total. The average Bonchev–Trinajstić information content (AvgIpc) is 2.26. The third-order valence-corrected chi connectivity index (χ3v) is 4.50. The van der Waals surface area contributed by atoms with Gasteiger partial charge in [0.15, 0.2) is 5.78 Å². The summed E-state index contributed by atoms with van der Waals surface area (Å²) < 4.78 is 6.08. The van der Waals surface area contributed by atoms with Crippen LogP contribution in [-0.4, -0.2) is 11.4 Å². The zero-order valence-electron chi connectivity index (χ0n) is 10.7. The van der Waals surface area contributed by atoms with E-state index in [9.17, 15) is 4.79 Å². The summed E-state index contributed by atoms with van der Waals surface area (Å²) in [5.74, 6) is 2.23. The molecular weight excluding hydrogens is 248 g/mol. The van der Waals surface area contributed by atoms with Gasteiger partial charge < -0.3 is 4.74 Å². The lowest BCUT2D eigenvalue weighted by atomic mass is 9.63. The molecule has 0 amide bonds. The Morgan fingerprint density at radius 1 is 1.39 bits per heavy atom. The highest BCUT2D eigenvalue weighted by molar-refractivity contribution is 6.31. The van der Waals surface area contributed by atoms with Gasteiger partial charge in [0, 0.05) is 5.02 Å². The van der Waals surface area contributed by atoms with E-state index in [2.05, 4.69) is 13.8 Å². The first-order valence-electron chi connectivity index (χ1n) is 6.51. The van der Waals surface area contributed by atoms with E-state index in [1.807, 2.05) is 6.07 Å². The van der Waals surface area contributed by atoms with Crippen molar-refractivity contribution in [3.63, 3.8) is 0 Å².